The van der Waals surface area contributed by atoms with Gasteiger partial charge in [0, 0.05) is 24.6 Å². The normalized spacial score (nSPS) is 10.4. The van der Waals surface area contributed by atoms with Crippen molar-refractivity contribution in [2.75, 3.05) is 13.7 Å². The zero-order valence-corrected chi connectivity index (χ0v) is 14.7. The minimum absolute atomic E-state index is 0.0115. The second-order valence-corrected chi connectivity index (χ2v) is 5.85. The quantitative estimate of drug-likeness (QED) is 0.687. The number of hydrogen-bond donors (Lipinski definition) is 2. The van der Waals surface area contributed by atoms with E-state index in [0.29, 0.717) is 43.1 Å². The van der Waals surface area contributed by atoms with Crippen LogP contribution in [-0.4, -0.2) is 24.7 Å². The molecule has 1 amide bonds. The number of ether oxygens (including phenoxy) is 2. The monoisotopic (exact) mass is 343 g/mol. The molecule has 25 heavy (non-hydrogen) atoms. The Morgan fingerprint density at radius 1 is 1.16 bits per heavy atom. The highest BCUT2D eigenvalue weighted by molar-refractivity contribution is 5.75. The molecule has 0 aliphatic carbocycles. The van der Waals surface area contributed by atoms with Crippen LogP contribution in [-0.2, 0) is 17.9 Å². The van der Waals surface area contributed by atoms with Gasteiger partial charge in [0.05, 0.1) is 20.3 Å². The maximum absolute atomic E-state index is 11.9. The van der Waals surface area contributed by atoms with Crippen LogP contribution in [0.1, 0.15) is 29.5 Å². The Balaban J connectivity index is 1.68. The number of aryl methyl sites for hydroxylation is 1. The summed E-state index contributed by atoms with van der Waals surface area (Å²) >= 11 is 0. The minimum Gasteiger partial charge on any atom is -0.496 e. The van der Waals surface area contributed by atoms with Crippen molar-refractivity contribution in [1.29, 1.82) is 0 Å². The van der Waals surface area contributed by atoms with Crippen molar-refractivity contribution in [3.8, 4) is 11.5 Å². The lowest BCUT2D eigenvalue weighted by Gasteiger charge is -2.10. The molecule has 0 saturated carbocycles. The van der Waals surface area contributed by atoms with Crippen molar-refractivity contribution in [3.63, 3.8) is 0 Å². The number of nitrogens with one attached hydrogen (secondary N) is 1. The van der Waals surface area contributed by atoms with Gasteiger partial charge in [-0.25, -0.2) is 0 Å². The van der Waals surface area contributed by atoms with Gasteiger partial charge in [-0.1, -0.05) is 29.8 Å². The number of methoxy groups -OCH3 is 1. The number of benzene rings is 2. The Morgan fingerprint density at radius 3 is 2.60 bits per heavy atom. The van der Waals surface area contributed by atoms with Crippen LogP contribution in [0.5, 0.6) is 11.5 Å². The molecule has 2 aromatic rings. The summed E-state index contributed by atoms with van der Waals surface area (Å²) in [7, 11) is 1.55. The second kappa shape index (κ2) is 9.69. The first kappa shape index (κ1) is 18.8. The number of aliphatic hydroxyl groups excluding tert-OH is 1. The molecule has 0 saturated heterocycles. The van der Waals surface area contributed by atoms with Crippen LogP contribution in [0.4, 0.5) is 0 Å². The predicted octanol–water partition coefficient (Wildman–Crippen LogP) is 2.97. The van der Waals surface area contributed by atoms with Gasteiger partial charge in [-0.05, 0) is 31.0 Å². The lowest BCUT2D eigenvalue weighted by molar-refractivity contribution is -0.121. The van der Waals surface area contributed by atoms with Gasteiger partial charge >= 0.3 is 0 Å². The standard InChI is InChI=1S/C20H25NO4/c1-15-5-7-16(8-6-15)13-21-20(23)4-3-11-25-18-10-9-17(14-22)19(12-18)24-2/h5-10,12,22H,3-4,11,13-14H2,1-2H3,(H,21,23). The van der Waals surface area contributed by atoms with E-state index in [1.807, 2.05) is 31.2 Å². The van der Waals surface area contributed by atoms with Crippen LogP contribution in [0.15, 0.2) is 42.5 Å². The van der Waals surface area contributed by atoms with Gasteiger partial charge in [-0.2, -0.15) is 0 Å². The number of carbonyl (C=O) groups is 1. The molecule has 2 aromatic carbocycles. The number of carbonyl (C=O) groups excluding carboxylic acids is 1. The van der Waals surface area contributed by atoms with Crippen molar-refractivity contribution in [2.24, 2.45) is 0 Å². The van der Waals surface area contributed by atoms with E-state index in [4.69, 9.17) is 9.47 Å². The Labute approximate surface area is 148 Å². The van der Waals surface area contributed by atoms with E-state index >= 15 is 0 Å². The molecule has 5 heteroatoms. The van der Waals surface area contributed by atoms with Gasteiger partial charge in [0.15, 0.2) is 0 Å². The Bertz CT molecular complexity index is 683. The van der Waals surface area contributed by atoms with Crippen LogP contribution in [0, 0.1) is 6.92 Å². The molecule has 0 spiro atoms. The van der Waals surface area contributed by atoms with Crippen LogP contribution >= 0.6 is 0 Å². The zero-order chi connectivity index (χ0) is 18.1. The summed E-state index contributed by atoms with van der Waals surface area (Å²) in [6.45, 7) is 2.94. The summed E-state index contributed by atoms with van der Waals surface area (Å²) < 4.78 is 10.8. The van der Waals surface area contributed by atoms with Crippen LogP contribution < -0.4 is 14.8 Å². The largest absolute Gasteiger partial charge is 0.496 e. The van der Waals surface area contributed by atoms with E-state index in [-0.39, 0.29) is 12.5 Å². The fourth-order valence-corrected chi connectivity index (χ4v) is 2.36. The third kappa shape index (κ3) is 6.12. The SMILES string of the molecule is COc1cc(OCCCC(=O)NCc2ccc(C)cc2)ccc1CO. The van der Waals surface area contributed by atoms with Crippen molar-refractivity contribution in [3.05, 3.63) is 59.2 Å². The molecule has 0 radical (unpaired) electrons. The van der Waals surface area contributed by atoms with Gasteiger partial charge in [-0.3, -0.25) is 4.79 Å². The van der Waals surface area contributed by atoms with Crippen molar-refractivity contribution in [1.82, 2.24) is 5.32 Å². The fourth-order valence-electron chi connectivity index (χ4n) is 2.36. The van der Waals surface area contributed by atoms with Crippen LogP contribution in [0.25, 0.3) is 0 Å². The van der Waals surface area contributed by atoms with E-state index < -0.39 is 0 Å². The van der Waals surface area contributed by atoms with E-state index in [2.05, 4.69) is 5.32 Å². The third-order valence-corrected chi connectivity index (χ3v) is 3.86. The molecule has 0 unspecified atom stereocenters. The number of hydrogen-bond acceptors (Lipinski definition) is 4. The Hall–Kier alpha value is -2.53. The first-order valence-electron chi connectivity index (χ1n) is 8.35. The van der Waals surface area contributed by atoms with E-state index in [9.17, 15) is 9.90 Å². The number of aliphatic hydroxyl groups is 1. The summed E-state index contributed by atoms with van der Waals surface area (Å²) in [6, 6.07) is 13.4. The average Bonchev–Trinajstić information content (AvgIpc) is 2.64. The molecule has 134 valence electrons. The molecule has 2 N–H and O–H groups in total. The number of amides is 1. The van der Waals surface area contributed by atoms with Crippen LogP contribution in [0.2, 0.25) is 0 Å². The van der Waals surface area contributed by atoms with Crippen molar-refractivity contribution >= 4 is 5.91 Å². The number of rotatable bonds is 9. The van der Waals surface area contributed by atoms with E-state index in [0.717, 1.165) is 5.56 Å². The molecule has 0 fully saturated rings. The highest BCUT2D eigenvalue weighted by Gasteiger charge is 2.05. The minimum atomic E-state index is -0.0788. The highest BCUT2D eigenvalue weighted by atomic mass is 16.5. The van der Waals surface area contributed by atoms with E-state index in [1.54, 1.807) is 25.3 Å². The Kier molecular flexibility index (Phi) is 7.29. The molecule has 0 aliphatic heterocycles. The van der Waals surface area contributed by atoms with Gasteiger partial charge in [-0.15, -0.1) is 0 Å². The molecular formula is C20H25NO4. The molecule has 0 atom stereocenters. The molecular weight excluding hydrogens is 318 g/mol. The molecule has 0 bridgehead atoms. The first-order chi connectivity index (χ1) is 12.1. The third-order valence-electron chi connectivity index (χ3n) is 3.86. The van der Waals surface area contributed by atoms with Crippen molar-refractivity contribution in [2.45, 2.75) is 32.9 Å². The lowest BCUT2D eigenvalue weighted by atomic mass is 10.1. The van der Waals surface area contributed by atoms with Crippen LogP contribution in [0.3, 0.4) is 0 Å². The van der Waals surface area contributed by atoms with Gasteiger partial charge in [0.25, 0.3) is 0 Å². The second-order valence-electron chi connectivity index (χ2n) is 5.85. The predicted molar refractivity (Wildman–Crippen MR) is 96.7 cm³/mol. The fraction of sp³-hybridized carbons (Fsp3) is 0.350. The Morgan fingerprint density at radius 2 is 1.92 bits per heavy atom. The van der Waals surface area contributed by atoms with Gasteiger partial charge in [0.2, 0.25) is 5.91 Å². The maximum Gasteiger partial charge on any atom is 0.220 e. The summed E-state index contributed by atoms with van der Waals surface area (Å²) in [4.78, 5) is 11.9. The van der Waals surface area contributed by atoms with Gasteiger partial charge in [0.1, 0.15) is 11.5 Å². The first-order valence-corrected chi connectivity index (χ1v) is 8.35. The summed E-state index contributed by atoms with van der Waals surface area (Å²) in [5, 5.41) is 12.1. The zero-order valence-electron chi connectivity index (χ0n) is 14.7. The highest BCUT2D eigenvalue weighted by Crippen LogP contribution is 2.24. The average molecular weight is 343 g/mol. The molecule has 0 heterocycles. The molecule has 0 aromatic heterocycles. The van der Waals surface area contributed by atoms with E-state index in [1.165, 1.54) is 5.56 Å². The molecule has 5 nitrogen and oxygen atoms in total. The summed E-state index contributed by atoms with van der Waals surface area (Å²) in [5.41, 5.74) is 3.01. The summed E-state index contributed by atoms with van der Waals surface area (Å²) in [5.74, 6) is 1.27. The maximum atomic E-state index is 11.9. The lowest BCUT2D eigenvalue weighted by Crippen LogP contribution is -2.22. The topological polar surface area (TPSA) is 67.8 Å². The van der Waals surface area contributed by atoms with Crippen molar-refractivity contribution < 1.29 is 19.4 Å². The smallest absolute Gasteiger partial charge is 0.220 e. The summed E-state index contributed by atoms with van der Waals surface area (Å²) in [6.07, 6.45) is 1.04. The molecule has 2 rings (SSSR count). The van der Waals surface area contributed by atoms with Gasteiger partial charge < -0.3 is 19.9 Å². The molecule has 0 aliphatic rings.